The van der Waals surface area contributed by atoms with Crippen molar-refractivity contribution in [2.75, 3.05) is 17.0 Å². The highest BCUT2D eigenvalue weighted by atomic mass is 19.1. The highest BCUT2D eigenvalue weighted by Crippen LogP contribution is 2.37. The fraction of sp³-hybridized carbons (Fsp3) is 0.263. The van der Waals surface area contributed by atoms with E-state index in [0.29, 0.717) is 22.7 Å². The minimum Gasteiger partial charge on any atom is -0.454 e. The number of ether oxygens (including phenoxy) is 2. The zero-order valence-electron chi connectivity index (χ0n) is 14.1. The number of hydrogen-bond acceptors (Lipinski definition) is 4. The van der Waals surface area contributed by atoms with E-state index in [9.17, 15) is 14.0 Å². The average molecular weight is 356 g/mol. The van der Waals surface area contributed by atoms with Crippen molar-refractivity contribution in [3.05, 3.63) is 47.8 Å². The van der Waals surface area contributed by atoms with Crippen LogP contribution in [0.5, 0.6) is 11.5 Å². The third-order valence-corrected chi connectivity index (χ3v) is 4.35. The van der Waals surface area contributed by atoms with Crippen LogP contribution in [0.15, 0.2) is 36.4 Å². The van der Waals surface area contributed by atoms with E-state index in [4.69, 9.17) is 9.47 Å². The number of benzene rings is 2. The Morgan fingerprint density at radius 1 is 1.12 bits per heavy atom. The number of amides is 2. The fourth-order valence-electron chi connectivity index (χ4n) is 3.01. The molecule has 4 rings (SSSR count). The third-order valence-electron chi connectivity index (χ3n) is 4.35. The Morgan fingerprint density at radius 2 is 1.88 bits per heavy atom. The van der Waals surface area contributed by atoms with Gasteiger partial charge < -0.3 is 19.7 Å². The molecule has 26 heavy (non-hydrogen) atoms. The second-order valence-electron chi connectivity index (χ2n) is 6.30. The maximum Gasteiger partial charge on any atom is 0.255 e. The van der Waals surface area contributed by atoms with Crippen LogP contribution in [-0.2, 0) is 4.79 Å². The second kappa shape index (κ2) is 6.33. The van der Waals surface area contributed by atoms with Crippen LogP contribution in [0.4, 0.5) is 15.8 Å². The van der Waals surface area contributed by atoms with Crippen molar-refractivity contribution in [1.82, 2.24) is 0 Å². The van der Waals surface area contributed by atoms with Gasteiger partial charge in [-0.2, -0.15) is 0 Å². The van der Waals surface area contributed by atoms with Gasteiger partial charge in [-0.15, -0.1) is 0 Å². The summed E-state index contributed by atoms with van der Waals surface area (Å²) in [6, 6.07) is 8.94. The molecule has 1 fully saturated rings. The van der Waals surface area contributed by atoms with E-state index < -0.39 is 11.7 Å². The first-order chi connectivity index (χ1) is 12.5. The summed E-state index contributed by atoms with van der Waals surface area (Å²) in [5.74, 6) is 0.00566. The van der Waals surface area contributed by atoms with Gasteiger partial charge >= 0.3 is 0 Å². The molecule has 0 radical (unpaired) electrons. The first-order valence-electron chi connectivity index (χ1n) is 8.33. The lowest BCUT2D eigenvalue weighted by Gasteiger charge is -2.24. The summed E-state index contributed by atoms with van der Waals surface area (Å²) in [6.45, 7) is 1.58. The Labute approximate surface area is 149 Å². The number of fused-ring (bicyclic) bond motifs is 1. The predicted molar refractivity (Wildman–Crippen MR) is 93.1 cm³/mol. The quantitative estimate of drug-likeness (QED) is 0.913. The molecule has 2 aliphatic rings. The van der Waals surface area contributed by atoms with E-state index in [2.05, 4.69) is 5.32 Å². The fourth-order valence-corrected chi connectivity index (χ4v) is 3.01. The van der Waals surface area contributed by atoms with Gasteiger partial charge in [0, 0.05) is 18.5 Å². The second-order valence-corrected chi connectivity index (χ2v) is 6.30. The molecule has 0 bridgehead atoms. The summed E-state index contributed by atoms with van der Waals surface area (Å²) in [4.78, 5) is 26.3. The Kier molecular flexibility index (Phi) is 3.99. The molecule has 1 aliphatic carbocycles. The molecule has 1 aliphatic heterocycles. The summed E-state index contributed by atoms with van der Waals surface area (Å²) in [5, 5.41) is 2.71. The molecule has 2 aromatic rings. The van der Waals surface area contributed by atoms with Gasteiger partial charge in [0.1, 0.15) is 5.82 Å². The SMILES string of the molecule is CC(=O)N(c1ccc(F)cc1NC(=O)c1ccc2c(c1)OCO2)C1CC1. The zero-order valence-corrected chi connectivity index (χ0v) is 14.1. The first kappa shape index (κ1) is 16.4. The topological polar surface area (TPSA) is 67.9 Å². The molecular weight excluding hydrogens is 339 g/mol. The highest BCUT2D eigenvalue weighted by Gasteiger charge is 2.33. The van der Waals surface area contributed by atoms with Gasteiger partial charge in [-0.3, -0.25) is 9.59 Å². The van der Waals surface area contributed by atoms with Gasteiger partial charge in [-0.05, 0) is 49.2 Å². The largest absolute Gasteiger partial charge is 0.454 e. The van der Waals surface area contributed by atoms with Crippen molar-refractivity contribution >= 4 is 23.2 Å². The van der Waals surface area contributed by atoms with Crippen LogP contribution in [0.3, 0.4) is 0 Å². The molecule has 2 aromatic carbocycles. The Hall–Kier alpha value is -3.09. The Balaban J connectivity index is 1.64. The highest BCUT2D eigenvalue weighted by molar-refractivity contribution is 6.08. The predicted octanol–water partition coefficient (Wildman–Crippen LogP) is 3.32. The number of rotatable bonds is 4. The Morgan fingerprint density at radius 3 is 2.62 bits per heavy atom. The van der Waals surface area contributed by atoms with Gasteiger partial charge in [0.05, 0.1) is 11.4 Å². The summed E-state index contributed by atoms with van der Waals surface area (Å²) in [5.41, 5.74) is 1.11. The van der Waals surface area contributed by atoms with Crippen LogP contribution in [0.25, 0.3) is 0 Å². The van der Waals surface area contributed by atoms with E-state index in [1.54, 1.807) is 23.1 Å². The monoisotopic (exact) mass is 356 g/mol. The number of carbonyl (C=O) groups excluding carboxylic acids is 2. The third kappa shape index (κ3) is 3.08. The number of halogens is 1. The first-order valence-corrected chi connectivity index (χ1v) is 8.33. The van der Waals surface area contributed by atoms with Crippen LogP contribution < -0.4 is 19.7 Å². The Bertz CT molecular complexity index is 895. The summed E-state index contributed by atoms with van der Waals surface area (Å²) in [6.07, 6.45) is 1.79. The van der Waals surface area contributed by atoms with Gasteiger partial charge in [-0.25, -0.2) is 4.39 Å². The summed E-state index contributed by atoms with van der Waals surface area (Å²) in [7, 11) is 0. The molecule has 1 heterocycles. The smallest absolute Gasteiger partial charge is 0.255 e. The van der Waals surface area contributed by atoms with Crippen LogP contribution >= 0.6 is 0 Å². The van der Waals surface area contributed by atoms with E-state index >= 15 is 0 Å². The molecule has 0 unspecified atom stereocenters. The molecule has 6 nitrogen and oxygen atoms in total. The van der Waals surface area contributed by atoms with Crippen molar-refractivity contribution in [1.29, 1.82) is 0 Å². The number of nitrogens with one attached hydrogen (secondary N) is 1. The lowest BCUT2D eigenvalue weighted by Crippen LogP contribution is -2.31. The molecule has 134 valence electrons. The molecule has 2 amide bonds. The average Bonchev–Trinajstić information content (AvgIpc) is 3.31. The molecule has 1 N–H and O–H groups in total. The molecular formula is C19H17FN2O4. The van der Waals surface area contributed by atoms with E-state index in [1.807, 2.05) is 0 Å². The minimum atomic E-state index is -0.492. The summed E-state index contributed by atoms with van der Waals surface area (Å²) < 4.78 is 24.3. The van der Waals surface area contributed by atoms with Crippen LogP contribution in [-0.4, -0.2) is 24.6 Å². The van der Waals surface area contributed by atoms with Crippen molar-refractivity contribution in [2.45, 2.75) is 25.8 Å². The van der Waals surface area contributed by atoms with E-state index in [1.165, 1.54) is 25.1 Å². The van der Waals surface area contributed by atoms with Crippen LogP contribution in [0.1, 0.15) is 30.1 Å². The van der Waals surface area contributed by atoms with E-state index in [-0.39, 0.29) is 24.4 Å². The molecule has 1 saturated carbocycles. The number of hydrogen-bond donors (Lipinski definition) is 1. The van der Waals surface area contributed by atoms with Crippen LogP contribution in [0.2, 0.25) is 0 Å². The lowest BCUT2D eigenvalue weighted by atomic mass is 10.1. The van der Waals surface area contributed by atoms with Gasteiger partial charge in [0.25, 0.3) is 5.91 Å². The number of anilines is 2. The molecule has 0 aromatic heterocycles. The molecule has 0 spiro atoms. The molecule has 7 heteroatoms. The minimum absolute atomic E-state index is 0.0964. The molecule has 0 atom stereocenters. The molecule has 0 saturated heterocycles. The maximum absolute atomic E-state index is 13.8. The van der Waals surface area contributed by atoms with Gasteiger partial charge in [0.15, 0.2) is 11.5 Å². The summed E-state index contributed by atoms with van der Waals surface area (Å²) >= 11 is 0. The number of carbonyl (C=O) groups is 2. The zero-order chi connectivity index (χ0) is 18.3. The normalized spacial score (nSPS) is 14.8. The van der Waals surface area contributed by atoms with Crippen molar-refractivity contribution in [2.24, 2.45) is 0 Å². The van der Waals surface area contributed by atoms with Gasteiger partial charge in [-0.1, -0.05) is 0 Å². The number of nitrogens with zero attached hydrogens (tertiary/aromatic N) is 1. The lowest BCUT2D eigenvalue weighted by molar-refractivity contribution is -0.116. The van der Waals surface area contributed by atoms with Crippen molar-refractivity contribution in [3.8, 4) is 11.5 Å². The standard InChI is InChI=1S/C19H17FN2O4/c1-11(23)22(14-4-5-14)16-6-3-13(20)9-15(16)21-19(24)12-2-7-17-18(8-12)26-10-25-17/h2-3,6-9,14H,4-5,10H2,1H3,(H,21,24). The maximum atomic E-state index is 13.8. The van der Waals surface area contributed by atoms with Crippen molar-refractivity contribution < 1.29 is 23.5 Å². The van der Waals surface area contributed by atoms with Gasteiger partial charge in [0.2, 0.25) is 12.7 Å². The van der Waals surface area contributed by atoms with Crippen molar-refractivity contribution in [3.63, 3.8) is 0 Å². The van der Waals surface area contributed by atoms with Crippen LogP contribution in [0, 0.1) is 5.82 Å². The van der Waals surface area contributed by atoms with E-state index in [0.717, 1.165) is 12.8 Å².